The first kappa shape index (κ1) is 21.2. The standard InChI is InChI=1S/C22H26N2O4/c1-3-16(2)23-22(27)24-20(25)15-28-21(26)14-19(17-10-6-4-7-11-17)18-12-8-5-9-13-18/h4-13,16,19H,3,14-15H2,1-2H3,(H2,23,24,25,27)/t16-/m0/s1. The maximum atomic E-state index is 12.3. The largest absolute Gasteiger partial charge is 0.456 e. The third-order valence-corrected chi connectivity index (χ3v) is 4.38. The minimum absolute atomic E-state index is 0.0483. The third kappa shape index (κ3) is 6.87. The first-order chi connectivity index (χ1) is 13.5. The van der Waals surface area contributed by atoms with Gasteiger partial charge in [-0.15, -0.1) is 0 Å². The van der Waals surface area contributed by atoms with Crippen LogP contribution < -0.4 is 10.6 Å². The van der Waals surface area contributed by atoms with Crippen LogP contribution in [0.5, 0.6) is 0 Å². The zero-order valence-corrected chi connectivity index (χ0v) is 16.2. The average Bonchev–Trinajstić information content (AvgIpc) is 2.71. The number of amides is 3. The molecule has 0 bridgehead atoms. The number of carbonyl (C=O) groups excluding carboxylic acids is 3. The fraction of sp³-hybridized carbons (Fsp3) is 0.318. The summed E-state index contributed by atoms with van der Waals surface area (Å²) >= 11 is 0. The van der Waals surface area contributed by atoms with Crippen molar-refractivity contribution in [2.24, 2.45) is 0 Å². The van der Waals surface area contributed by atoms with Crippen LogP contribution >= 0.6 is 0 Å². The van der Waals surface area contributed by atoms with E-state index in [4.69, 9.17) is 4.74 Å². The highest BCUT2D eigenvalue weighted by Gasteiger charge is 2.20. The summed E-state index contributed by atoms with van der Waals surface area (Å²) in [5.74, 6) is -1.34. The van der Waals surface area contributed by atoms with E-state index in [-0.39, 0.29) is 18.4 Å². The van der Waals surface area contributed by atoms with E-state index in [9.17, 15) is 14.4 Å². The monoisotopic (exact) mass is 382 g/mol. The number of carbonyl (C=O) groups is 3. The van der Waals surface area contributed by atoms with Gasteiger partial charge in [0.1, 0.15) is 0 Å². The Morgan fingerprint density at radius 1 is 0.929 bits per heavy atom. The van der Waals surface area contributed by atoms with Gasteiger partial charge in [0, 0.05) is 12.0 Å². The molecule has 0 fully saturated rings. The SMILES string of the molecule is CC[C@H](C)NC(=O)NC(=O)COC(=O)CC(c1ccccc1)c1ccccc1. The van der Waals surface area contributed by atoms with Gasteiger partial charge >= 0.3 is 12.0 Å². The van der Waals surface area contributed by atoms with Crippen molar-refractivity contribution < 1.29 is 19.1 Å². The maximum absolute atomic E-state index is 12.3. The fourth-order valence-corrected chi connectivity index (χ4v) is 2.70. The molecule has 0 saturated heterocycles. The molecule has 0 unspecified atom stereocenters. The molecule has 6 heteroatoms. The number of rotatable bonds is 8. The van der Waals surface area contributed by atoms with Crippen molar-refractivity contribution in [3.8, 4) is 0 Å². The Kier molecular flexibility index (Phi) is 8.21. The van der Waals surface area contributed by atoms with Gasteiger partial charge < -0.3 is 10.1 Å². The molecule has 1 atom stereocenters. The second kappa shape index (κ2) is 10.9. The van der Waals surface area contributed by atoms with E-state index >= 15 is 0 Å². The van der Waals surface area contributed by atoms with Crippen LogP contribution in [0.2, 0.25) is 0 Å². The van der Waals surface area contributed by atoms with Crippen molar-refractivity contribution in [3.63, 3.8) is 0 Å². The molecule has 0 aliphatic rings. The van der Waals surface area contributed by atoms with Crippen LogP contribution in [0.4, 0.5) is 4.79 Å². The number of benzene rings is 2. The van der Waals surface area contributed by atoms with Crippen LogP contribution in [-0.4, -0.2) is 30.6 Å². The van der Waals surface area contributed by atoms with E-state index in [0.29, 0.717) is 0 Å². The molecule has 0 radical (unpaired) electrons. The molecule has 2 aromatic rings. The number of imide groups is 1. The lowest BCUT2D eigenvalue weighted by Gasteiger charge is -2.17. The van der Waals surface area contributed by atoms with Gasteiger partial charge in [0.15, 0.2) is 6.61 Å². The number of hydrogen-bond donors (Lipinski definition) is 2. The Bertz CT molecular complexity index is 738. The molecule has 2 N–H and O–H groups in total. The highest BCUT2D eigenvalue weighted by atomic mass is 16.5. The molecular weight excluding hydrogens is 356 g/mol. The zero-order valence-electron chi connectivity index (χ0n) is 16.2. The highest BCUT2D eigenvalue weighted by Crippen LogP contribution is 2.28. The maximum Gasteiger partial charge on any atom is 0.321 e. The van der Waals surface area contributed by atoms with Gasteiger partial charge in [-0.3, -0.25) is 14.9 Å². The summed E-state index contributed by atoms with van der Waals surface area (Å²) in [4.78, 5) is 35.7. The van der Waals surface area contributed by atoms with Crippen LogP contribution in [0.25, 0.3) is 0 Å². The van der Waals surface area contributed by atoms with Gasteiger partial charge in [0.05, 0.1) is 6.42 Å². The van der Waals surface area contributed by atoms with E-state index in [1.165, 1.54) is 0 Å². The molecule has 0 spiro atoms. The molecule has 6 nitrogen and oxygen atoms in total. The van der Waals surface area contributed by atoms with Gasteiger partial charge in [-0.25, -0.2) is 4.79 Å². The van der Waals surface area contributed by atoms with Gasteiger partial charge in [0.25, 0.3) is 5.91 Å². The first-order valence-electron chi connectivity index (χ1n) is 9.35. The fourth-order valence-electron chi connectivity index (χ4n) is 2.70. The summed E-state index contributed by atoms with van der Waals surface area (Å²) in [6, 6.07) is 18.7. The van der Waals surface area contributed by atoms with Crippen LogP contribution in [0.15, 0.2) is 60.7 Å². The predicted octanol–water partition coefficient (Wildman–Crippen LogP) is 3.38. The highest BCUT2D eigenvalue weighted by molar-refractivity contribution is 5.95. The molecule has 28 heavy (non-hydrogen) atoms. The van der Waals surface area contributed by atoms with Crippen molar-refractivity contribution in [3.05, 3.63) is 71.8 Å². The second-order valence-electron chi connectivity index (χ2n) is 6.57. The number of ether oxygens (including phenoxy) is 1. The topological polar surface area (TPSA) is 84.5 Å². The van der Waals surface area contributed by atoms with E-state index in [1.807, 2.05) is 74.5 Å². The van der Waals surface area contributed by atoms with E-state index < -0.39 is 24.5 Å². The number of urea groups is 1. The average molecular weight is 382 g/mol. The van der Waals surface area contributed by atoms with Crippen LogP contribution in [0.1, 0.15) is 43.7 Å². The Morgan fingerprint density at radius 3 is 1.96 bits per heavy atom. The molecule has 0 aliphatic heterocycles. The summed E-state index contributed by atoms with van der Waals surface area (Å²) in [6.45, 7) is 3.25. The molecule has 148 valence electrons. The normalized spacial score (nSPS) is 11.5. The van der Waals surface area contributed by atoms with Gasteiger partial charge in [-0.05, 0) is 24.5 Å². The van der Waals surface area contributed by atoms with Crippen molar-refractivity contribution in [1.29, 1.82) is 0 Å². The molecule has 2 aromatic carbocycles. The molecule has 0 aliphatic carbocycles. The van der Waals surface area contributed by atoms with Crippen LogP contribution in [0.3, 0.4) is 0 Å². The van der Waals surface area contributed by atoms with Crippen molar-refractivity contribution in [2.75, 3.05) is 6.61 Å². The van der Waals surface area contributed by atoms with E-state index in [1.54, 1.807) is 0 Å². The molecule has 0 saturated carbocycles. The van der Waals surface area contributed by atoms with E-state index in [2.05, 4.69) is 10.6 Å². The second-order valence-corrected chi connectivity index (χ2v) is 6.57. The Morgan fingerprint density at radius 2 is 1.46 bits per heavy atom. The summed E-state index contributed by atoms with van der Waals surface area (Å²) < 4.78 is 5.08. The smallest absolute Gasteiger partial charge is 0.321 e. The molecule has 3 amide bonds. The van der Waals surface area contributed by atoms with Crippen molar-refractivity contribution in [2.45, 2.75) is 38.6 Å². The van der Waals surface area contributed by atoms with Gasteiger partial charge in [-0.2, -0.15) is 0 Å². The van der Waals surface area contributed by atoms with E-state index in [0.717, 1.165) is 17.5 Å². The first-order valence-corrected chi connectivity index (χ1v) is 9.35. The van der Waals surface area contributed by atoms with Crippen LogP contribution in [-0.2, 0) is 14.3 Å². The lowest BCUT2D eigenvalue weighted by atomic mass is 9.89. The number of nitrogens with one attached hydrogen (secondary N) is 2. The summed E-state index contributed by atoms with van der Waals surface area (Å²) in [6.07, 6.45) is 0.845. The van der Waals surface area contributed by atoms with Crippen molar-refractivity contribution in [1.82, 2.24) is 10.6 Å². The number of esters is 1. The lowest BCUT2D eigenvalue weighted by molar-refractivity contribution is -0.148. The quantitative estimate of drug-likeness (QED) is 0.686. The summed E-state index contributed by atoms with van der Waals surface area (Å²) in [5, 5.41) is 4.76. The Balaban J connectivity index is 1.92. The minimum Gasteiger partial charge on any atom is -0.456 e. The summed E-state index contributed by atoms with van der Waals surface area (Å²) in [7, 11) is 0. The zero-order chi connectivity index (χ0) is 20.4. The lowest BCUT2D eigenvalue weighted by Crippen LogP contribution is -2.44. The van der Waals surface area contributed by atoms with Gasteiger partial charge in [0.2, 0.25) is 0 Å². The molecular formula is C22H26N2O4. The van der Waals surface area contributed by atoms with Gasteiger partial charge in [-0.1, -0.05) is 67.6 Å². The molecule has 0 aromatic heterocycles. The number of hydrogen-bond acceptors (Lipinski definition) is 4. The van der Waals surface area contributed by atoms with Crippen molar-refractivity contribution >= 4 is 17.9 Å². The molecule has 0 heterocycles. The van der Waals surface area contributed by atoms with Crippen LogP contribution in [0, 0.1) is 0 Å². The predicted molar refractivity (Wildman–Crippen MR) is 107 cm³/mol. The summed E-state index contributed by atoms with van der Waals surface area (Å²) in [5.41, 5.74) is 1.98. The Hall–Kier alpha value is -3.15. The Labute approximate surface area is 165 Å². The minimum atomic E-state index is -0.662. The third-order valence-electron chi connectivity index (χ3n) is 4.38. The molecule has 2 rings (SSSR count).